The Morgan fingerprint density at radius 3 is 2.47 bits per heavy atom. The maximum absolute atomic E-state index is 13.9. The van der Waals surface area contributed by atoms with E-state index < -0.39 is 26.5 Å². The summed E-state index contributed by atoms with van der Waals surface area (Å²) in [6.07, 6.45) is -0.245. The number of hydrogen-bond acceptors (Lipinski definition) is 4. The molecule has 1 atom stereocenters. The van der Waals surface area contributed by atoms with Crippen molar-refractivity contribution in [2.75, 3.05) is 13.4 Å². The lowest BCUT2D eigenvalue weighted by molar-refractivity contribution is 0.136. The molecule has 1 aromatic rings. The highest BCUT2D eigenvalue weighted by Gasteiger charge is 2.38. The normalized spacial score (nSPS) is 14.2. The first-order chi connectivity index (χ1) is 8.61. The molecular weight excluding hydrogens is 271 g/mol. The van der Waals surface area contributed by atoms with Crippen molar-refractivity contribution in [3.63, 3.8) is 0 Å². The van der Waals surface area contributed by atoms with Crippen molar-refractivity contribution in [3.8, 4) is 5.75 Å². The number of aliphatic hydroxyl groups excluding tert-OH is 1. The molecule has 0 aliphatic carbocycles. The highest BCUT2D eigenvalue weighted by Crippen LogP contribution is 2.26. The van der Waals surface area contributed by atoms with Gasteiger partial charge in [0.1, 0.15) is 0 Å². The lowest BCUT2D eigenvalue weighted by Gasteiger charge is -2.28. The Kier molecular flexibility index (Phi) is 4.58. The maximum atomic E-state index is 13.9. The smallest absolute Gasteiger partial charge is 0.168 e. The molecule has 1 aromatic carbocycles. The summed E-state index contributed by atoms with van der Waals surface area (Å²) < 4.78 is 40.7. The first-order valence-electron chi connectivity index (χ1n) is 5.80. The molecule has 0 aliphatic rings. The van der Waals surface area contributed by atoms with Crippen molar-refractivity contribution in [2.45, 2.75) is 31.1 Å². The second-order valence-corrected chi connectivity index (χ2v) is 7.63. The van der Waals surface area contributed by atoms with Gasteiger partial charge in [0.2, 0.25) is 0 Å². The van der Waals surface area contributed by atoms with E-state index in [-0.39, 0.29) is 17.7 Å². The highest BCUT2D eigenvalue weighted by molar-refractivity contribution is 7.92. The van der Waals surface area contributed by atoms with Crippen LogP contribution in [0.15, 0.2) is 18.2 Å². The van der Waals surface area contributed by atoms with Crippen molar-refractivity contribution in [3.05, 3.63) is 29.6 Å². The van der Waals surface area contributed by atoms with Crippen molar-refractivity contribution in [1.82, 2.24) is 0 Å². The van der Waals surface area contributed by atoms with Crippen LogP contribution in [0.5, 0.6) is 5.75 Å². The topological polar surface area (TPSA) is 63.6 Å². The minimum Gasteiger partial charge on any atom is -0.494 e. The Morgan fingerprint density at radius 2 is 2.00 bits per heavy atom. The number of methoxy groups -OCH3 is 1. The second-order valence-electron chi connectivity index (χ2n) is 5.03. The van der Waals surface area contributed by atoms with Crippen molar-refractivity contribution in [2.24, 2.45) is 0 Å². The Labute approximate surface area is 113 Å². The first kappa shape index (κ1) is 15.9. The molecule has 108 valence electrons. The standard InChI is InChI=1S/C13H19FO4S/c1-13(2,19(4,16)17)11(15)8-9-6-5-7-10(18-3)12(9)14/h5-7,11,15H,8H2,1-4H3. The first-order valence-corrected chi connectivity index (χ1v) is 7.69. The fourth-order valence-electron chi connectivity index (χ4n) is 1.57. The van der Waals surface area contributed by atoms with Crippen LogP contribution in [0, 0.1) is 5.82 Å². The number of sulfone groups is 1. The van der Waals surface area contributed by atoms with Gasteiger partial charge < -0.3 is 9.84 Å². The minimum atomic E-state index is -3.45. The second kappa shape index (κ2) is 5.46. The van der Waals surface area contributed by atoms with Crippen molar-refractivity contribution < 1.29 is 22.7 Å². The predicted molar refractivity (Wildman–Crippen MR) is 71.6 cm³/mol. The highest BCUT2D eigenvalue weighted by atomic mass is 32.2. The Morgan fingerprint density at radius 1 is 1.42 bits per heavy atom. The third-order valence-corrected chi connectivity index (χ3v) is 5.62. The fourth-order valence-corrected chi connectivity index (χ4v) is 2.15. The van der Waals surface area contributed by atoms with E-state index in [0.717, 1.165) is 6.26 Å². The molecule has 1 rings (SSSR count). The van der Waals surface area contributed by atoms with E-state index in [0.29, 0.717) is 0 Å². The van der Waals surface area contributed by atoms with Gasteiger partial charge in [-0.2, -0.15) is 0 Å². The molecule has 0 radical (unpaired) electrons. The monoisotopic (exact) mass is 290 g/mol. The number of rotatable bonds is 5. The van der Waals surface area contributed by atoms with Crippen LogP contribution in [0.1, 0.15) is 19.4 Å². The minimum absolute atomic E-state index is 0.0712. The van der Waals surface area contributed by atoms with Gasteiger partial charge in [-0.15, -0.1) is 0 Å². The number of hydrogen-bond donors (Lipinski definition) is 1. The van der Waals surface area contributed by atoms with Gasteiger partial charge in [0.25, 0.3) is 0 Å². The molecule has 1 N–H and O–H groups in total. The van der Waals surface area contributed by atoms with Crippen molar-refractivity contribution in [1.29, 1.82) is 0 Å². The van der Waals surface area contributed by atoms with Gasteiger partial charge in [-0.1, -0.05) is 12.1 Å². The lowest BCUT2D eigenvalue weighted by Crippen LogP contribution is -2.44. The van der Waals surface area contributed by atoms with Gasteiger partial charge in [-0.05, 0) is 25.5 Å². The van der Waals surface area contributed by atoms with Crippen LogP contribution in [0.3, 0.4) is 0 Å². The van der Waals surface area contributed by atoms with E-state index >= 15 is 0 Å². The van der Waals surface area contributed by atoms with Gasteiger partial charge in [0.15, 0.2) is 21.4 Å². The Bertz CT molecular complexity index is 552. The van der Waals surface area contributed by atoms with Crippen LogP contribution in [0.25, 0.3) is 0 Å². The predicted octanol–water partition coefficient (Wildman–Crippen LogP) is 1.56. The van der Waals surface area contributed by atoms with Crippen LogP contribution in [-0.4, -0.2) is 37.7 Å². The summed E-state index contributed by atoms with van der Waals surface area (Å²) in [7, 11) is -2.11. The molecule has 0 aromatic heterocycles. The van der Waals surface area contributed by atoms with Gasteiger partial charge in [-0.3, -0.25) is 0 Å². The van der Waals surface area contributed by atoms with E-state index in [1.54, 1.807) is 6.07 Å². The van der Waals surface area contributed by atoms with Crippen LogP contribution < -0.4 is 4.74 Å². The molecule has 0 spiro atoms. The Balaban J connectivity index is 3.04. The van der Waals surface area contributed by atoms with E-state index in [2.05, 4.69) is 0 Å². The summed E-state index contributed by atoms with van der Waals surface area (Å²) >= 11 is 0. The summed E-state index contributed by atoms with van der Waals surface area (Å²) in [6, 6.07) is 4.56. The summed E-state index contributed by atoms with van der Waals surface area (Å²) in [5.74, 6) is -0.504. The molecule has 1 unspecified atom stereocenters. The summed E-state index contributed by atoms with van der Waals surface area (Å²) in [4.78, 5) is 0. The van der Waals surface area contributed by atoms with Gasteiger partial charge in [0, 0.05) is 12.7 Å². The number of ether oxygens (including phenoxy) is 1. The van der Waals surface area contributed by atoms with Crippen LogP contribution in [0.2, 0.25) is 0 Å². The van der Waals surface area contributed by atoms with Crippen LogP contribution in [0.4, 0.5) is 4.39 Å². The summed E-state index contributed by atoms with van der Waals surface area (Å²) in [5.41, 5.74) is 0.226. The zero-order valence-corrected chi connectivity index (χ0v) is 12.3. The molecule has 0 aliphatic heterocycles. The zero-order valence-electron chi connectivity index (χ0n) is 11.5. The van der Waals surface area contributed by atoms with E-state index in [9.17, 15) is 17.9 Å². The number of benzene rings is 1. The SMILES string of the molecule is COc1cccc(CC(O)C(C)(C)S(C)(=O)=O)c1F. The molecule has 0 heterocycles. The summed E-state index contributed by atoms with van der Waals surface area (Å²) in [5, 5.41) is 10.1. The molecule has 4 nitrogen and oxygen atoms in total. The third-order valence-electron chi connectivity index (χ3n) is 3.43. The molecular formula is C13H19FO4S. The molecule has 0 bridgehead atoms. The third kappa shape index (κ3) is 3.25. The van der Waals surface area contributed by atoms with Gasteiger partial charge in [0.05, 0.1) is 18.0 Å². The quantitative estimate of drug-likeness (QED) is 0.894. The van der Waals surface area contributed by atoms with Crippen LogP contribution in [-0.2, 0) is 16.3 Å². The van der Waals surface area contributed by atoms with E-state index in [1.165, 1.54) is 33.1 Å². The molecule has 0 saturated heterocycles. The number of halogens is 1. The number of aliphatic hydroxyl groups is 1. The summed E-state index contributed by atoms with van der Waals surface area (Å²) in [6.45, 7) is 2.84. The lowest BCUT2D eigenvalue weighted by atomic mass is 9.98. The largest absolute Gasteiger partial charge is 0.494 e. The molecule has 19 heavy (non-hydrogen) atoms. The molecule has 0 amide bonds. The van der Waals surface area contributed by atoms with E-state index in [4.69, 9.17) is 4.74 Å². The Hall–Kier alpha value is -1.14. The van der Waals surface area contributed by atoms with E-state index in [1.807, 2.05) is 0 Å². The molecule has 0 saturated carbocycles. The molecule has 0 fully saturated rings. The molecule has 6 heteroatoms. The van der Waals surface area contributed by atoms with Gasteiger partial charge >= 0.3 is 0 Å². The zero-order chi connectivity index (χ0) is 14.8. The average molecular weight is 290 g/mol. The average Bonchev–Trinajstić information content (AvgIpc) is 2.30. The maximum Gasteiger partial charge on any atom is 0.168 e. The van der Waals surface area contributed by atoms with Gasteiger partial charge in [-0.25, -0.2) is 12.8 Å². The fraction of sp³-hybridized carbons (Fsp3) is 0.538. The van der Waals surface area contributed by atoms with Crippen LogP contribution >= 0.6 is 0 Å². The van der Waals surface area contributed by atoms with Crippen molar-refractivity contribution >= 4 is 9.84 Å².